The van der Waals surface area contributed by atoms with Gasteiger partial charge < -0.3 is 15.0 Å². The van der Waals surface area contributed by atoms with Crippen LogP contribution in [0.4, 0.5) is 5.69 Å². The van der Waals surface area contributed by atoms with Crippen LogP contribution in [-0.4, -0.2) is 37.0 Å². The van der Waals surface area contributed by atoms with E-state index >= 15 is 0 Å². The van der Waals surface area contributed by atoms with E-state index in [1.165, 1.54) is 31.5 Å². The number of ether oxygens (including phenoxy) is 1. The number of aryl methyl sites for hydroxylation is 1. The number of nitrogens with one attached hydrogen (secondary N) is 1. The number of hydrogen-bond donors (Lipinski definition) is 1. The number of benzene rings is 2. The molecule has 1 amide bonds. The van der Waals surface area contributed by atoms with E-state index in [2.05, 4.69) is 48.3 Å². The maximum Gasteiger partial charge on any atom is 0.235 e. The zero-order valence-electron chi connectivity index (χ0n) is 19.7. The van der Waals surface area contributed by atoms with Crippen molar-refractivity contribution < 1.29 is 9.53 Å². The van der Waals surface area contributed by atoms with E-state index in [4.69, 9.17) is 4.74 Å². The third-order valence-electron chi connectivity index (χ3n) is 7.20. The Balaban J connectivity index is 1.29. The minimum atomic E-state index is -0.410. The second-order valence-electron chi connectivity index (χ2n) is 9.89. The van der Waals surface area contributed by atoms with E-state index in [1.54, 1.807) is 0 Å². The number of piperidine rings is 1. The third kappa shape index (κ3) is 5.53. The highest BCUT2D eigenvalue weighted by molar-refractivity contribution is 5.99. The molecule has 1 aliphatic heterocycles. The Kier molecular flexibility index (Phi) is 7.51. The molecule has 1 atom stereocenters. The van der Waals surface area contributed by atoms with Gasteiger partial charge in [0.2, 0.25) is 5.91 Å². The summed E-state index contributed by atoms with van der Waals surface area (Å²) in [6.07, 6.45) is 7.76. The fourth-order valence-electron chi connectivity index (χ4n) is 5.42. The first-order chi connectivity index (χ1) is 15.5. The van der Waals surface area contributed by atoms with Crippen LogP contribution < -0.4 is 10.1 Å². The summed E-state index contributed by atoms with van der Waals surface area (Å²) < 4.78 is 5.95. The molecule has 1 N–H and O–H groups in total. The molecule has 4 rings (SSSR count). The maximum atomic E-state index is 13.4. The molecule has 2 aromatic rings. The molecular weight excluding hydrogens is 396 g/mol. The summed E-state index contributed by atoms with van der Waals surface area (Å²) in [6, 6.07) is 16.3. The summed E-state index contributed by atoms with van der Waals surface area (Å²) in [5.74, 6) is 1.80. The van der Waals surface area contributed by atoms with Crippen molar-refractivity contribution in [3.63, 3.8) is 0 Å². The molecule has 1 saturated carbocycles. The normalized spacial score (nSPS) is 20.8. The van der Waals surface area contributed by atoms with Crippen LogP contribution in [0.25, 0.3) is 0 Å². The maximum absolute atomic E-state index is 13.4. The lowest BCUT2D eigenvalue weighted by atomic mass is 9.77. The average molecular weight is 435 g/mol. The Bertz CT molecular complexity index is 887. The van der Waals surface area contributed by atoms with Crippen LogP contribution >= 0.6 is 0 Å². The number of carbonyl (C=O) groups is 1. The number of likely N-dealkylation sites (tertiary alicyclic amines) is 1. The van der Waals surface area contributed by atoms with Crippen molar-refractivity contribution in [1.82, 2.24) is 4.90 Å². The molecular formula is C28H38N2O2. The molecule has 4 nitrogen and oxygen atoms in total. The molecule has 0 bridgehead atoms. The number of amides is 1. The lowest BCUT2D eigenvalue weighted by Gasteiger charge is -2.30. The van der Waals surface area contributed by atoms with E-state index in [-0.39, 0.29) is 5.91 Å². The van der Waals surface area contributed by atoms with Crippen LogP contribution in [0, 0.1) is 12.8 Å². The first-order valence-electron chi connectivity index (χ1n) is 12.4. The van der Waals surface area contributed by atoms with Gasteiger partial charge in [0.1, 0.15) is 5.75 Å². The SMILES string of the molecule is Cc1cccc(C2(C(=O)Nc3ccc(OCCCN4CCCC(C)C4)cc3)CCCC2)c1. The third-order valence-corrected chi connectivity index (χ3v) is 7.20. The first-order valence-corrected chi connectivity index (χ1v) is 12.4. The Hall–Kier alpha value is -2.33. The number of carbonyl (C=O) groups excluding carboxylic acids is 1. The van der Waals surface area contributed by atoms with Crippen molar-refractivity contribution in [3.8, 4) is 5.75 Å². The average Bonchev–Trinajstić information content (AvgIpc) is 3.29. The Morgan fingerprint density at radius 2 is 1.91 bits per heavy atom. The van der Waals surface area contributed by atoms with Gasteiger partial charge in [0.25, 0.3) is 0 Å². The zero-order chi connectivity index (χ0) is 22.4. The van der Waals surface area contributed by atoms with Crippen molar-refractivity contribution in [2.45, 2.75) is 64.2 Å². The molecule has 2 aromatic carbocycles. The minimum absolute atomic E-state index is 0.116. The van der Waals surface area contributed by atoms with Gasteiger partial charge >= 0.3 is 0 Å². The van der Waals surface area contributed by atoms with Crippen molar-refractivity contribution in [3.05, 3.63) is 59.7 Å². The van der Waals surface area contributed by atoms with Gasteiger partial charge in [-0.1, -0.05) is 49.6 Å². The van der Waals surface area contributed by atoms with E-state index in [9.17, 15) is 4.79 Å². The predicted molar refractivity (Wildman–Crippen MR) is 131 cm³/mol. The van der Waals surface area contributed by atoms with Gasteiger partial charge in [-0.15, -0.1) is 0 Å². The second-order valence-corrected chi connectivity index (χ2v) is 9.89. The van der Waals surface area contributed by atoms with Crippen LogP contribution in [0.1, 0.15) is 63.0 Å². The molecule has 1 unspecified atom stereocenters. The van der Waals surface area contributed by atoms with Crippen LogP contribution in [0.5, 0.6) is 5.75 Å². The van der Waals surface area contributed by atoms with Crippen LogP contribution in [0.2, 0.25) is 0 Å². The summed E-state index contributed by atoms with van der Waals surface area (Å²) in [7, 11) is 0. The topological polar surface area (TPSA) is 41.6 Å². The molecule has 2 fully saturated rings. The van der Waals surface area contributed by atoms with Gasteiger partial charge in [-0.2, -0.15) is 0 Å². The summed E-state index contributed by atoms with van der Waals surface area (Å²) in [5.41, 5.74) is 2.78. The molecule has 0 aromatic heterocycles. The molecule has 4 heteroatoms. The molecule has 1 saturated heterocycles. The number of hydrogen-bond acceptors (Lipinski definition) is 3. The van der Waals surface area contributed by atoms with Crippen molar-refractivity contribution >= 4 is 11.6 Å². The van der Waals surface area contributed by atoms with E-state index in [1.807, 2.05) is 24.3 Å². The van der Waals surface area contributed by atoms with Gasteiger partial charge in [-0.3, -0.25) is 4.79 Å². The molecule has 0 radical (unpaired) electrons. The first kappa shape index (κ1) is 22.8. The molecule has 2 aliphatic rings. The fourth-order valence-corrected chi connectivity index (χ4v) is 5.42. The summed E-state index contributed by atoms with van der Waals surface area (Å²) >= 11 is 0. The predicted octanol–water partition coefficient (Wildman–Crippen LogP) is 5.95. The largest absolute Gasteiger partial charge is 0.494 e. The van der Waals surface area contributed by atoms with Gasteiger partial charge in [0.05, 0.1) is 12.0 Å². The minimum Gasteiger partial charge on any atom is -0.494 e. The molecule has 1 aliphatic carbocycles. The molecule has 32 heavy (non-hydrogen) atoms. The lowest BCUT2D eigenvalue weighted by molar-refractivity contribution is -0.121. The zero-order valence-corrected chi connectivity index (χ0v) is 19.7. The fraction of sp³-hybridized carbons (Fsp3) is 0.536. The van der Waals surface area contributed by atoms with Gasteiger partial charge in [-0.05, 0) is 81.3 Å². The van der Waals surface area contributed by atoms with Crippen LogP contribution in [0.15, 0.2) is 48.5 Å². The Labute approximate surface area is 193 Å². The van der Waals surface area contributed by atoms with Gasteiger partial charge in [0, 0.05) is 18.8 Å². The quantitative estimate of drug-likeness (QED) is 0.522. The Morgan fingerprint density at radius 1 is 1.12 bits per heavy atom. The van der Waals surface area contributed by atoms with Crippen molar-refractivity contribution in [2.24, 2.45) is 5.92 Å². The van der Waals surface area contributed by atoms with Crippen LogP contribution in [0.3, 0.4) is 0 Å². The number of rotatable bonds is 8. The van der Waals surface area contributed by atoms with Gasteiger partial charge in [0.15, 0.2) is 0 Å². The summed E-state index contributed by atoms with van der Waals surface area (Å²) in [6.45, 7) is 8.72. The standard InChI is InChI=1S/C28H38N2O2/c1-22-8-5-10-24(20-22)28(15-3-4-16-28)27(31)29-25-11-13-26(14-12-25)32-19-7-18-30-17-6-9-23(2)21-30/h5,8,10-14,20,23H,3-4,6-7,9,15-19,21H2,1-2H3,(H,29,31). The van der Waals surface area contributed by atoms with Crippen molar-refractivity contribution in [1.29, 1.82) is 0 Å². The highest BCUT2D eigenvalue weighted by Crippen LogP contribution is 2.42. The van der Waals surface area contributed by atoms with E-state index in [0.29, 0.717) is 0 Å². The molecule has 0 spiro atoms. The number of anilines is 1. The molecule has 1 heterocycles. The van der Waals surface area contributed by atoms with Crippen LogP contribution in [-0.2, 0) is 10.2 Å². The lowest BCUT2D eigenvalue weighted by Crippen LogP contribution is -2.38. The van der Waals surface area contributed by atoms with E-state index in [0.717, 1.165) is 68.2 Å². The van der Waals surface area contributed by atoms with E-state index < -0.39 is 5.41 Å². The smallest absolute Gasteiger partial charge is 0.235 e. The Morgan fingerprint density at radius 3 is 2.62 bits per heavy atom. The monoisotopic (exact) mass is 434 g/mol. The second kappa shape index (κ2) is 10.5. The highest BCUT2D eigenvalue weighted by Gasteiger charge is 2.42. The number of nitrogens with zero attached hydrogens (tertiary/aromatic N) is 1. The summed E-state index contributed by atoms with van der Waals surface area (Å²) in [4.78, 5) is 15.9. The summed E-state index contributed by atoms with van der Waals surface area (Å²) in [5, 5.41) is 3.18. The van der Waals surface area contributed by atoms with Gasteiger partial charge in [-0.25, -0.2) is 0 Å². The van der Waals surface area contributed by atoms with Crippen molar-refractivity contribution in [2.75, 3.05) is 31.6 Å². The highest BCUT2D eigenvalue weighted by atomic mass is 16.5. The molecule has 172 valence electrons.